The molecule has 0 aliphatic carbocycles. The average molecular weight is 303 g/mol. The number of nitrogens with two attached hydrogens (primary N) is 1. The molecule has 0 aliphatic heterocycles. The van der Waals surface area contributed by atoms with Gasteiger partial charge < -0.3 is 16.0 Å². The Morgan fingerprint density at radius 3 is 2.73 bits per heavy atom. The van der Waals surface area contributed by atoms with Crippen LogP contribution in [-0.4, -0.2) is 42.9 Å². The number of benzene rings is 1. The second-order valence-electron chi connectivity index (χ2n) is 5.57. The maximum atomic E-state index is 12.8. The van der Waals surface area contributed by atoms with Crippen LogP contribution in [0, 0.1) is 18.3 Å². The van der Waals surface area contributed by atoms with E-state index in [1.165, 1.54) is 6.21 Å². The van der Waals surface area contributed by atoms with E-state index in [1.807, 2.05) is 39.0 Å². The second-order valence-corrected chi connectivity index (χ2v) is 5.57. The standard InChI is InChI=1S/C16H25N5O/c1-11(2)15(10-18)21(4)16(22)13-9-12(3)5-6-14(13)20-19-8-7-17/h5-9,11,15,17,20H,10,18H2,1-4H3/b17-7?,19-8-. The predicted molar refractivity (Wildman–Crippen MR) is 91.9 cm³/mol. The van der Waals surface area contributed by atoms with Crippen molar-refractivity contribution in [1.29, 1.82) is 5.41 Å². The molecule has 120 valence electrons. The first-order chi connectivity index (χ1) is 10.4. The van der Waals surface area contributed by atoms with Gasteiger partial charge in [-0.15, -0.1) is 0 Å². The molecule has 0 bridgehead atoms. The van der Waals surface area contributed by atoms with Crippen molar-refractivity contribution < 1.29 is 4.79 Å². The topological polar surface area (TPSA) is 94.6 Å². The zero-order valence-electron chi connectivity index (χ0n) is 13.6. The fraction of sp³-hybridized carbons (Fsp3) is 0.438. The van der Waals surface area contributed by atoms with Gasteiger partial charge in [0.05, 0.1) is 17.5 Å². The normalized spacial score (nSPS) is 12.5. The Morgan fingerprint density at radius 2 is 2.18 bits per heavy atom. The number of aryl methyl sites for hydroxylation is 1. The van der Waals surface area contributed by atoms with Gasteiger partial charge >= 0.3 is 0 Å². The first-order valence-electron chi connectivity index (χ1n) is 7.28. The highest BCUT2D eigenvalue weighted by atomic mass is 16.2. The van der Waals surface area contributed by atoms with Crippen molar-refractivity contribution in [2.45, 2.75) is 26.8 Å². The number of hydrogen-bond donors (Lipinski definition) is 3. The summed E-state index contributed by atoms with van der Waals surface area (Å²) >= 11 is 0. The van der Waals surface area contributed by atoms with E-state index in [2.05, 4.69) is 10.5 Å². The molecule has 0 heterocycles. The van der Waals surface area contributed by atoms with Crippen molar-refractivity contribution in [2.24, 2.45) is 16.8 Å². The molecule has 0 aromatic heterocycles. The zero-order valence-corrected chi connectivity index (χ0v) is 13.6. The number of nitrogens with one attached hydrogen (secondary N) is 2. The van der Waals surface area contributed by atoms with Crippen LogP contribution in [0.3, 0.4) is 0 Å². The molecule has 0 saturated carbocycles. The van der Waals surface area contributed by atoms with Crippen LogP contribution in [0.25, 0.3) is 0 Å². The molecule has 4 N–H and O–H groups in total. The first-order valence-corrected chi connectivity index (χ1v) is 7.28. The lowest BCUT2D eigenvalue weighted by atomic mass is 10.0. The van der Waals surface area contributed by atoms with E-state index >= 15 is 0 Å². The van der Waals surface area contributed by atoms with Crippen molar-refractivity contribution in [2.75, 3.05) is 19.0 Å². The van der Waals surface area contributed by atoms with Gasteiger partial charge in [-0.2, -0.15) is 5.10 Å². The van der Waals surface area contributed by atoms with Gasteiger partial charge in [-0.25, -0.2) is 0 Å². The Balaban J connectivity index is 3.12. The van der Waals surface area contributed by atoms with E-state index in [0.29, 0.717) is 17.8 Å². The van der Waals surface area contributed by atoms with E-state index in [1.54, 1.807) is 11.9 Å². The summed E-state index contributed by atoms with van der Waals surface area (Å²) in [5.74, 6) is 0.177. The summed E-state index contributed by atoms with van der Waals surface area (Å²) in [4.78, 5) is 14.5. The molecule has 6 nitrogen and oxygen atoms in total. The predicted octanol–water partition coefficient (Wildman–Crippen LogP) is 2.10. The number of rotatable bonds is 7. The van der Waals surface area contributed by atoms with Crippen molar-refractivity contribution in [3.63, 3.8) is 0 Å². The SMILES string of the molecule is Cc1ccc(N/N=C\C=N)c(C(=O)N(C)C(CN)C(C)C)c1. The molecule has 0 aliphatic rings. The third-order valence-electron chi connectivity index (χ3n) is 3.57. The van der Waals surface area contributed by atoms with Crippen molar-refractivity contribution in [1.82, 2.24) is 4.90 Å². The molecule has 6 heteroatoms. The Labute approximate surface area is 131 Å². The molecule has 1 aromatic rings. The summed E-state index contributed by atoms with van der Waals surface area (Å²) in [5, 5.41) is 10.8. The van der Waals surface area contributed by atoms with Crippen LogP contribution in [0.4, 0.5) is 5.69 Å². The smallest absolute Gasteiger partial charge is 0.256 e. The first kappa shape index (κ1) is 17.8. The molecular formula is C16H25N5O. The monoisotopic (exact) mass is 303 g/mol. The van der Waals surface area contributed by atoms with E-state index in [0.717, 1.165) is 11.8 Å². The van der Waals surface area contributed by atoms with Gasteiger partial charge in [0.15, 0.2) is 0 Å². The van der Waals surface area contributed by atoms with Gasteiger partial charge in [-0.05, 0) is 25.0 Å². The van der Waals surface area contributed by atoms with Crippen molar-refractivity contribution in [3.8, 4) is 0 Å². The molecule has 0 radical (unpaired) electrons. The average Bonchev–Trinajstić information content (AvgIpc) is 2.48. The zero-order chi connectivity index (χ0) is 16.7. The number of hydrogen-bond acceptors (Lipinski definition) is 5. The van der Waals surface area contributed by atoms with Crippen LogP contribution < -0.4 is 11.2 Å². The number of likely N-dealkylation sites (N-methyl/N-ethyl adjacent to an activating group) is 1. The van der Waals surface area contributed by atoms with Crippen molar-refractivity contribution >= 4 is 24.0 Å². The van der Waals surface area contributed by atoms with Gasteiger partial charge in [0.25, 0.3) is 5.91 Å². The highest BCUT2D eigenvalue weighted by Gasteiger charge is 2.24. The number of hydrazone groups is 1. The second kappa shape index (κ2) is 8.29. The minimum atomic E-state index is -0.0968. The highest BCUT2D eigenvalue weighted by molar-refractivity contribution is 6.14. The van der Waals surface area contributed by atoms with Crippen LogP contribution in [0.1, 0.15) is 29.8 Å². The molecule has 1 rings (SSSR count). The van der Waals surface area contributed by atoms with E-state index in [4.69, 9.17) is 11.1 Å². The number of amides is 1. The fourth-order valence-corrected chi connectivity index (χ4v) is 2.29. The minimum Gasteiger partial charge on any atom is -0.337 e. The van der Waals surface area contributed by atoms with Gasteiger partial charge in [-0.3, -0.25) is 10.2 Å². The maximum absolute atomic E-state index is 12.8. The van der Waals surface area contributed by atoms with E-state index in [-0.39, 0.29) is 17.9 Å². The lowest BCUT2D eigenvalue weighted by Gasteiger charge is -2.30. The Bertz CT molecular complexity index is 553. The summed E-state index contributed by atoms with van der Waals surface area (Å²) in [7, 11) is 1.77. The Morgan fingerprint density at radius 1 is 1.50 bits per heavy atom. The third kappa shape index (κ3) is 4.39. The molecule has 0 spiro atoms. The molecule has 0 saturated heterocycles. The van der Waals surface area contributed by atoms with Crippen LogP contribution in [-0.2, 0) is 0 Å². The van der Waals surface area contributed by atoms with Crippen LogP contribution >= 0.6 is 0 Å². The van der Waals surface area contributed by atoms with Crippen LogP contribution in [0.5, 0.6) is 0 Å². The summed E-state index contributed by atoms with van der Waals surface area (Å²) < 4.78 is 0. The van der Waals surface area contributed by atoms with Gasteiger partial charge in [0, 0.05) is 25.8 Å². The van der Waals surface area contributed by atoms with Crippen LogP contribution in [0.15, 0.2) is 23.3 Å². The summed E-state index contributed by atoms with van der Waals surface area (Å²) in [6, 6.07) is 5.52. The van der Waals surface area contributed by atoms with Crippen LogP contribution in [0.2, 0.25) is 0 Å². The molecule has 1 atom stereocenters. The summed E-state index contributed by atoms with van der Waals surface area (Å²) in [6.45, 7) is 6.45. The number of anilines is 1. The Hall–Kier alpha value is -2.21. The lowest BCUT2D eigenvalue weighted by Crippen LogP contribution is -2.45. The van der Waals surface area contributed by atoms with Gasteiger partial charge in [0.2, 0.25) is 0 Å². The molecule has 1 unspecified atom stereocenters. The Kier molecular flexibility index (Phi) is 6.72. The van der Waals surface area contributed by atoms with E-state index in [9.17, 15) is 4.79 Å². The molecule has 0 fully saturated rings. The molecule has 22 heavy (non-hydrogen) atoms. The van der Waals surface area contributed by atoms with Gasteiger partial charge in [0.1, 0.15) is 0 Å². The molecular weight excluding hydrogens is 278 g/mol. The third-order valence-corrected chi connectivity index (χ3v) is 3.57. The maximum Gasteiger partial charge on any atom is 0.256 e. The number of carbonyl (C=O) groups excluding carboxylic acids is 1. The summed E-state index contributed by atoms with van der Waals surface area (Å²) in [5.41, 5.74) is 10.8. The quantitative estimate of drug-likeness (QED) is 0.532. The highest BCUT2D eigenvalue weighted by Crippen LogP contribution is 2.21. The lowest BCUT2D eigenvalue weighted by molar-refractivity contribution is 0.0697. The number of carbonyl (C=O) groups is 1. The minimum absolute atomic E-state index is 0.0223. The van der Waals surface area contributed by atoms with Crippen molar-refractivity contribution in [3.05, 3.63) is 29.3 Å². The largest absolute Gasteiger partial charge is 0.337 e. The van der Waals surface area contributed by atoms with Gasteiger partial charge in [-0.1, -0.05) is 25.5 Å². The molecule has 1 amide bonds. The summed E-state index contributed by atoms with van der Waals surface area (Å²) in [6.07, 6.45) is 2.38. The number of nitrogens with zero attached hydrogens (tertiary/aromatic N) is 2. The van der Waals surface area contributed by atoms with E-state index < -0.39 is 0 Å². The fourth-order valence-electron chi connectivity index (χ4n) is 2.29. The molecule has 1 aromatic carbocycles.